The predicted octanol–water partition coefficient (Wildman–Crippen LogP) is 5.40. The van der Waals surface area contributed by atoms with Gasteiger partial charge in [-0.2, -0.15) is 0 Å². The third-order valence-corrected chi connectivity index (χ3v) is 4.54. The first-order valence-corrected chi connectivity index (χ1v) is 7.98. The molecule has 2 aromatic rings. The smallest absolute Gasteiger partial charge is 0.0798 e. The van der Waals surface area contributed by atoms with E-state index >= 15 is 0 Å². The Bertz CT molecular complexity index is 546. The second-order valence-electron chi connectivity index (χ2n) is 5.29. The summed E-state index contributed by atoms with van der Waals surface area (Å²) in [7, 11) is 0. The molecule has 0 bridgehead atoms. The van der Waals surface area contributed by atoms with E-state index in [2.05, 4.69) is 44.2 Å². The minimum absolute atomic E-state index is 0.381. The maximum Gasteiger partial charge on any atom is 0.0798 e. The van der Waals surface area contributed by atoms with E-state index in [1.807, 2.05) is 25.1 Å². The Morgan fingerprint density at radius 3 is 2.25 bits per heavy atom. The van der Waals surface area contributed by atoms with Gasteiger partial charge in [0.2, 0.25) is 0 Å². The highest BCUT2D eigenvalue weighted by molar-refractivity contribution is 7.99. The highest BCUT2D eigenvalue weighted by Crippen LogP contribution is 2.34. The lowest BCUT2D eigenvalue weighted by atomic mass is 10.0. The summed E-state index contributed by atoms with van der Waals surface area (Å²) in [5.41, 5.74) is 2.38. The van der Waals surface area contributed by atoms with Crippen molar-refractivity contribution >= 4 is 11.8 Å². The lowest BCUT2D eigenvalue weighted by Gasteiger charge is -2.14. The maximum atomic E-state index is 10.1. The molecule has 2 heteroatoms. The molecule has 1 unspecified atom stereocenters. The van der Waals surface area contributed by atoms with Gasteiger partial charge in [-0.15, -0.1) is 0 Å². The highest BCUT2D eigenvalue weighted by Gasteiger charge is 2.11. The maximum absolute atomic E-state index is 10.1. The summed E-state index contributed by atoms with van der Waals surface area (Å²) in [6.45, 7) is 6.41. The van der Waals surface area contributed by atoms with Gasteiger partial charge in [0.1, 0.15) is 0 Å². The third-order valence-electron chi connectivity index (χ3n) is 3.44. The number of aliphatic hydroxyl groups is 1. The first-order chi connectivity index (χ1) is 9.61. The molecule has 0 aliphatic carbocycles. The number of hydrogen-bond donors (Lipinski definition) is 1. The molecule has 0 aliphatic rings. The van der Waals surface area contributed by atoms with Crippen LogP contribution in [-0.4, -0.2) is 5.11 Å². The van der Waals surface area contributed by atoms with Gasteiger partial charge in [-0.05, 0) is 41.7 Å². The van der Waals surface area contributed by atoms with E-state index in [1.54, 1.807) is 11.8 Å². The fraction of sp³-hybridized carbons (Fsp3) is 0.333. The molecule has 20 heavy (non-hydrogen) atoms. The molecular formula is C18H22OS. The van der Waals surface area contributed by atoms with E-state index in [0.29, 0.717) is 5.92 Å². The monoisotopic (exact) mass is 286 g/mol. The molecule has 2 rings (SSSR count). The van der Waals surface area contributed by atoms with Crippen LogP contribution in [0.3, 0.4) is 0 Å². The van der Waals surface area contributed by atoms with Crippen LogP contribution in [0.4, 0.5) is 0 Å². The number of benzene rings is 2. The van der Waals surface area contributed by atoms with Gasteiger partial charge in [0.15, 0.2) is 0 Å². The molecule has 2 aromatic carbocycles. The van der Waals surface area contributed by atoms with Crippen LogP contribution in [0.5, 0.6) is 0 Å². The summed E-state index contributed by atoms with van der Waals surface area (Å²) in [5, 5.41) is 10.1. The van der Waals surface area contributed by atoms with Crippen LogP contribution in [0, 0.1) is 0 Å². The van der Waals surface area contributed by atoms with Crippen LogP contribution < -0.4 is 0 Å². The van der Waals surface area contributed by atoms with Gasteiger partial charge in [0, 0.05) is 9.79 Å². The van der Waals surface area contributed by atoms with Gasteiger partial charge in [-0.1, -0.05) is 62.9 Å². The second-order valence-corrected chi connectivity index (χ2v) is 6.40. The van der Waals surface area contributed by atoms with Crippen LogP contribution in [0.2, 0.25) is 0 Å². The molecule has 0 aliphatic heterocycles. The van der Waals surface area contributed by atoms with Crippen molar-refractivity contribution < 1.29 is 5.11 Å². The normalized spacial score (nSPS) is 12.7. The van der Waals surface area contributed by atoms with Gasteiger partial charge in [-0.3, -0.25) is 0 Å². The largest absolute Gasteiger partial charge is 0.388 e. The van der Waals surface area contributed by atoms with Crippen molar-refractivity contribution in [3.05, 3.63) is 59.7 Å². The molecule has 1 nitrogen and oxygen atoms in total. The van der Waals surface area contributed by atoms with Gasteiger partial charge < -0.3 is 5.11 Å². The average Bonchev–Trinajstić information content (AvgIpc) is 2.47. The zero-order valence-corrected chi connectivity index (χ0v) is 13.2. The average molecular weight is 286 g/mol. The van der Waals surface area contributed by atoms with E-state index in [9.17, 15) is 5.11 Å². The molecule has 0 heterocycles. The van der Waals surface area contributed by atoms with Crippen LogP contribution in [0.1, 0.15) is 50.3 Å². The molecule has 0 radical (unpaired) electrons. The zero-order chi connectivity index (χ0) is 14.5. The quantitative estimate of drug-likeness (QED) is 0.793. The minimum atomic E-state index is -0.381. The SMILES string of the molecule is CCC(O)c1ccccc1Sc1ccc(C(C)C)cc1. The second kappa shape index (κ2) is 6.96. The predicted molar refractivity (Wildman–Crippen MR) is 86.3 cm³/mol. The molecule has 0 fully saturated rings. The van der Waals surface area contributed by atoms with Crippen LogP contribution in [0.25, 0.3) is 0 Å². The van der Waals surface area contributed by atoms with Crippen molar-refractivity contribution in [3.63, 3.8) is 0 Å². The van der Waals surface area contributed by atoms with Gasteiger partial charge >= 0.3 is 0 Å². The summed E-state index contributed by atoms with van der Waals surface area (Å²) in [6, 6.07) is 16.8. The van der Waals surface area contributed by atoms with Crippen LogP contribution >= 0.6 is 11.8 Å². The minimum Gasteiger partial charge on any atom is -0.388 e. The molecule has 0 saturated carbocycles. The summed E-state index contributed by atoms with van der Waals surface area (Å²) >= 11 is 1.72. The van der Waals surface area contributed by atoms with E-state index in [1.165, 1.54) is 10.5 Å². The molecule has 0 spiro atoms. The van der Waals surface area contributed by atoms with Gasteiger partial charge in [-0.25, -0.2) is 0 Å². The first kappa shape index (κ1) is 15.1. The molecule has 106 valence electrons. The van der Waals surface area contributed by atoms with Gasteiger partial charge in [0.25, 0.3) is 0 Å². The number of hydrogen-bond acceptors (Lipinski definition) is 2. The molecule has 1 atom stereocenters. The van der Waals surface area contributed by atoms with Crippen molar-refractivity contribution in [1.82, 2.24) is 0 Å². The van der Waals surface area contributed by atoms with Crippen molar-refractivity contribution in [1.29, 1.82) is 0 Å². The molecule has 1 N–H and O–H groups in total. The Balaban J connectivity index is 2.21. The number of rotatable bonds is 5. The molecule has 0 aromatic heterocycles. The van der Waals surface area contributed by atoms with Crippen molar-refractivity contribution in [2.24, 2.45) is 0 Å². The zero-order valence-electron chi connectivity index (χ0n) is 12.3. The Morgan fingerprint density at radius 2 is 1.65 bits per heavy atom. The molecular weight excluding hydrogens is 264 g/mol. The van der Waals surface area contributed by atoms with E-state index in [-0.39, 0.29) is 6.10 Å². The van der Waals surface area contributed by atoms with Gasteiger partial charge in [0.05, 0.1) is 6.10 Å². The fourth-order valence-electron chi connectivity index (χ4n) is 2.12. The lowest BCUT2D eigenvalue weighted by molar-refractivity contribution is 0.171. The Morgan fingerprint density at radius 1 is 1.00 bits per heavy atom. The van der Waals surface area contributed by atoms with E-state index < -0.39 is 0 Å². The highest BCUT2D eigenvalue weighted by atomic mass is 32.2. The summed E-state index contributed by atoms with van der Waals surface area (Å²) in [4.78, 5) is 2.35. The van der Waals surface area contributed by atoms with E-state index in [0.717, 1.165) is 16.9 Å². The van der Waals surface area contributed by atoms with Crippen LogP contribution in [-0.2, 0) is 0 Å². The van der Waals surface area contributed by atoms with Crippen molar-refractivity contribution in [3.8, 4) is 0 Å². The first-order valence-electron chi connectivity index (χ1n) is 7.16. The molecule has 0 saturated heterocycles. The standard InChI is InChI=1S/C18H22OS/c1-4-17(19)16-7-5-6-8-18(16)20-15-11-9-14(10-12-15)13(2)3/h5-13,17,19H,4H2,1-3H3. The summed E-state index contributed by atoms with van der Waals surface area (Å²) in [5.74, 6) is 0.559. The van der Waals surface area contributed by atoms with E-state index in [4.69, 9.17) is 0 Å². The summed E-state index contributed by atoms with van der Waals surface area (Å²) < 4.78 is 0. The topological polar surface area (TPSA) is 20.2 Å². The summed E-state index contributed by atoms with van der Waals surface area (Å²) in [6.07, 6.45) is 0.359. The van der Waals surface area contributed by atoms with Crippen molar-refractivity contribution in [2.45, 2.75) is 49.0 Å². The Hall–Kier alpha value is -1.25. The lowest BCUT2D eigenvalue weighted by Crippen LogP contribution is -1.97. The van der Waals surface area contributed by atoms with Crippen LogP contribution in [0.15, 0.2) is 58.3 Å². The molecule has 0 amide bonds. The third kappa shape index (κ3) is 3.65. The fourth-order valence-corrected chi connectivity index (χ4v) is 3.11. The Kier molecular flexibility index (Phi) is 5.27. The Labute approximate surface area is 126 Å². The number of aliphatic hydroxyl groups excluding tert-OH is 1. The van der Waals surface area contributed by atoms with Crippen molar-refractivity contribution in [2.75, 3.05) is 0 Å².